The number of rotatable bonds is 4. The number of Topliss-reactive ketones (excluding diaryl/α,β-unsaturated/α-hetero) is 1. The van der Waals surface area contributed by atoms with Crippen LogP contribution in [-0.2, 0) is 4.79 Å². The smallest absolute Gasteiger partial charge is 0.155 e. The minimum Gasteiger partial charge on any atom is -0.297 e. The molecule has 1 aliphatic rings. The fourth-order valence-electron chi connectivity index (χ4n) is 3.31. The average Bonchev–Trinajstić information content (AvgIpc) is 2.25. The van der Waals surface area contributed by atoms with Gasteiger partial charge < -0.3 is 0 Å². The lowest BCUT2D eigenvalue weighted by molar-refractivity contribution is -0.135. The second kappa shape index (κ2) is 5.51. The van der Waals surface area contributed by atoms with Gasteiger partial charge in [0.1, 0.15) is 0 Å². The van der Waals surface area contributed by atoms with E-state index < -0.39 is 0 Å². The van der Waals surface area contributed by atoms with Crippen LogP contribution in [-0.4, -0.2) is 30.3 Å². The fourth-order valence-corrected chi connectivity index (χ4v) is 3.31. The van der Waals surface area contributed by atoms with Crippen molar-refractivity contribution in [2.45, 2.75) is 58.9 Å². The quantitative estimate of drug-likeness (QED) is 0.750. The first-order chi connectivity index (χ1) is 7.81. The molecule has 0 aromatic carbocycles. The van der Waals surface area contributed by atoms with Crippen LogP contribution in [0.3, 0.4) is 0 Å². The van der Waals surface area contributed by atoms with Gasteiger partial charge in [-0.3, -0.25) is 9.69 Å². The van der Waals surface area contributed by atoms with Crippen LogP contribution in [0, 0.1) is 17.8 Å². The Morgan fingerprint density at radius 2 is 1.65 bits per heavy atom. The summed E-state index contributed by atoms with van der Waals surface area (Å²) < 4.78 is 0. The Kier molecular flexibility index (Phi) is 4.77. The molecule has 2 heteroatoms. The highest BCUT2D eigenvalue weighted by molar-refractivity contribution is 5.90. The first-order valence-electron chi connectivity index (χ1n) is 7.03. The van der Waals surface area contributed by atoms with E-state index in [1.807, 2.05) is 14.1 Å². The number of likely N-dealkylation sites (N-methyl/N-ethyl adjacent to an activating group) is 1. The van der Waals surface area contributed by atoms with E-state index in [1.165, 1.54) is 6.42 Å². The Hall–Kier alpha value is -0.370. The van der Waals surface area contributed by atoms with Crippen LogP contribution in [0.15, 0.2) is 0 Å². The van der Waals surface area contributed by atoms with E-state index in [2.05, 4.69) is 32.6 Å². The molecule has 3 unspecified atom stereocenters. The zero-order chi connectivity index (χ0) is 13.2. The molecule has 1 fully saturated rings. The molecule has 0 aliphatic heterocycles. The van der Waals surface area contributed by atoms with Crippen molar-refractivity contribution in [1.29, 1.82) is 0 Å². The molecule has 0 spiro atoms. The van der Waals surface area contributed by atoms with Crippen molar-refractivity contribution >= 4 is 5.78 Å². The van der Waals surface area contributed by atoms with E-state index in [-0.39, 0.29) is 11.5 Å². The lowest BCUT2D eigenvalue weighted by Gasteiger charge is -2.40. The minimum atomic E-state index is -0.276. The van der Waals surface area contributed by atoms with Gasteiger partial charge in [-0.1, -0.05) is 20.8 Å². The number of nitrogens with zero attached hydrogens (tertiary/aromatic N) is 1. The molecular weight excluding hydrogens is 210 g/mol. The maximum absolute atomic E-state index is 12.7. The molecular formula is C15H29NO. The molecule has 100 valence electrons. The summed E-state index contributed by atoms with van der Waals surface area (Å²) >= 11 is 0. The van der Waals surface area contributed by atoms with Crippen LogP contribution in [0.2, 0.25) is 0 Å². The molecule has 1 rings (SSSR count). The molecule has 0 aromatic rings. The molecule has 0 heterocycles. The summed E-state index contributed by atoms with van der Waals surface area (Å²) in [6.07, 6.45) is 4.37. The zero-order valence-corrected chi connectivity index (χ0v) is 12.4. The van der Waals surface area contributed by atoms with Gasteiger partial charge in [-0.25, -0.2) is 0 Å². The van der Waals surface area contributed by atoms with Crippen molar-refractivity contribution in [3.63, 3.8) is 0 Å². The molecule has 1 aliphatic carbocycles. The monoisotopic (exact) mass is 239 g/mol. The van der Waals surface area contributed by atoms with Crippen LogP contribution < -0.4 is 0 Å². The van der Waals surface area contributed by atoms with E-state index in [4.69, 9.17) is 0 Å². The summed E-state index contributed by atoms with van der Waals surface area (Å²) in [4.78, 5) is 14.8. The van der Waals surface area contributed by atoms with Gasteiger partial charge in [0, 0.05) is 5.92 Å². The van der Waals surface area contributed by atoms with Crippen LogP contribution in [0.5, 0.6) is 0 Å². The molecule has 17 heavy (non-hydrogen) atoms. The largest absolute Gasteiger partial charge is 0.297 e. The van der Waals surface area contributed by atoms with Gasteiger partial charge in [0.2, 0.25) is 0 Å². The third-order valence-corrected chi connectivity index (χ3v) is 4.76. The minimum absolute atomic E-state index is 0.276. The van der Waals surface area contributed by atoms with E-state index in [9.17, 15) is 4.79 Å². The molecule has 0 amide bonds. The van der Waals surface area contributed by atoms with Gasteiger partial charge in [0.25, 0.3) is 0 Å². The lowest BCUT2D eigenvalue weighted by atomic mass is 9.71. The Morgan fingerprint density at radius 3 is 2.00 bits per heavy atom. The van der Waals surface area contributed by atoms with Crippen molar-refractivity contribution in [2.75, 3.05) is 14.1 Å². The molecule has 0 saturated heterocycles. The summed E-state index contributed by atoms with van der Waals surface area (Å²) in [6, 6.07) is 0. The van der Waals surface area contributed by atoms with Crippen LogP contribution in [0.1, 0.15) is 53.4 Å². The third kappa shape index (κ3) is 3.09. The van der Waals surface area contributed by atoms with Crippen molar-refractivity contribution in [2.24, 2.45) is 17.8 Å². The predicted octanol–water partition coefficient (Wildman–Crippen LogP) is 3.36. The maximum atomic E-state index is 12.7. The maximum Gasteiger partial charge on any atom is 0.155 e. The second-order valence-corrected chi connectivity index (χ2v) is 6.50. The Labute approximate surface area is 107 Å². The van der Waals surface area contributed by atoms with Crippen molar-refractivity contribution in [1.82, 2.24) is 4.90 Å². The Morgan fingerprint density at radius 1 is 1.18 bits per heavy atom. The number of ketones is 1. The molecule has 0 aromatic heterocycles. The fraction of sp³-hybridized carbons (Fsp3) is 0.933. The topological polar surface area (TPSA) is 20.3 Å². The van der Waals surface area contributed by atoms with E-state index in [0.29, 0.717) is 17.6 Å². The number of hydrogen-bond donors (Lipinski definition) is 0. The molecule has 0 radical (unpaired) electrons. The Balaban J connectivity index is 2.81. The van der Waals surface area contributed by atoms with Gasteiger partial charge in [-0.05, 0) is 58.5 Å². The van der Waals surface area contributed by atoms with E-state index in [0.717, 1.165) is 19.3 Å². The summed E-state index contributed by atoms with van der Waals surface area (Å²) in [5, 5.41) is 0. The average molecular weight is 239 g/mol. The Bertz CT molecular complexity index is 264. The predicted molar refractivity (Wildman–Crippen MR) is 73.1 cm³/mol. The molecule has 0 N–H and O–H groups in total. The standard InChI is InChI=1S/C15H29NO/c1-7-15(4,16(5)6)14(17)13-9-11(2)8-12(3)10-13/h11-13H,7-10H2,1-6H3. The van der Waals surface area contributed by atoms with Crippen LogP contribution in [0.4, 0.5) is 0 Å². The summed E-state index contributed by atoms with van der Waals surface area (Å²) in [5.41, 5.74) is -0.276. The van der Waals surface area contributed by atoms with Gasteiger partial charge in [0.15, 0.2) is 5.78 Å². The van der Waals surface area contributed by atoms with E-state index >= 15 is 0 Å². The molecule has 0 bridgehead atoms. The highest BCUT2D eigenvalue weighted by atomic mass is 16.1. The van der Waals surface area contributed by atoms with Gasteiger partial charge in [-0.2, -0.15) is 0 Å². The SMILES string of the molecule is CCC(C)(C(=O)C1CC(C)CC(C)C1)N(C)C. The van der Waals surface area contributed by atoms with E-state index in [1.54, 1.807) is 0 Å². The first kappa shape index (κ1) is 14.7. The van der Waals surface area contributed by atoms with Crippen molar-refractivity contribution < 1.29 is 4.79 Å². The summed E-state index contributed by atoms with van der Waals surface area (Å²) in [5.74, 6) is 2.15. The number of carbonyl (C=O) groups excluding carboxylic acids is 1. The number of hydrogen-bond acceptors (Lipinski definition) is 2. The molecule has 2 nitrogen and oxygen atoms in total. The lowest BCUT2D eigenvalue weighted by Crippen LogP contribution is -2.51. The van der Waals surface area contributed by atoms with Gasteiger partial charge >= 0.3 is 0 Å². The highest BCUT2D eigenvalue weighted by Gasteiger charge is 2.40. The third-order valence-electron chi connectivity index (χ3n) is 4.76. The van der Waals surface area contributed by atoms with Crippen molar-refractivity contribution in [3.8, 4) is 0 Å². The second-order valence-electron chi connectivity index (χ2n) is 6.50. The van der Waals surface area contributed by atoms with Gasteiger partial charge in [-0.15, -0.1) is 0 Å². The van der Waals surface area contributed by atoms with Crippen LogP contribution in [0.25, 0.3) is 0 Å². The van der Waals surface area contributed by atoms with Crippen molar-refractivity contribution in [3.05, 3.63) is 0 Å². The summed E-state index contributed by atoms with van der Waals surface area (Å²) in [6.45, 7) is 8.79. The zero-order valence-electron chi connectivity index (χ0n) is 12.4. The normalized spacial score (nSPS) is 33.5. The van der Waals surface area contributed by atoms with Gasteiger partial charge in [0.05, 0.1) is 5.54 Å². The van der Waals surface area contributed by atoms with Crippen LogP contribution >= 0.6 is 0 Å². The first-order valence-corrected chi connectivity index (χ1v) is 7.03. The molecule has 1 saturated carbocycles. The summed E-state index contributed by atoms with van der Waals surface area (Å²) in [7, 11) is 4.05. The molecule has 3 atom stereocenters. The number of carbonyl (C=O) groups is 1. The highest BCUT2D eigenvalue weighted by Crippen LogP contribution is 2.36.